The molecule has 1 aromatic carbocycles. The van der Waals surface area contributed by atoms with Gasteiger partial charge in [-0.3, -0.25) is 19.4 Å². The molecular formula is C27H28N4O4S. The fraction of sp³-hybridized carbons (Fsp3) is 0.333. The molecule has 3 aromatic heterocycles. The van der Waals surface area contributed by atoms with Crippen LogP contribution in [0.1, 0.15) is 35.6 Å². The van der Waals surface area contributed by atoms with Crippen LogP contribution in [0.4, 0.5) is 0 Å². The first-order valence-corrected chi connectivity index (χ1v) is 12.8. The molecule has 0 bridgehead atoms. The monoisotopic (exact) mass is 504 g/mol. The third kappa shape index (κ3) is 4.03. The highest BCUT2D eigenvalue weighted by Gasteiger charge is 2.34. The van der Waals surface area contributed by atoms with Gasteiger partial charge in [-0.25, -0.2) is 0 Å². The summed E-state index contributed by atoms with van der Waals surface area (Å²) in [6.07, 6.45) is 2.43. The third-order valence-electron chi connectivity index (χ3n) is 6.84. The number of hydrogen-bond donors (Lipinski definition) is 0. The van der Waals surface area contributed by atoms with Crippen LogP contribution in [0.5, 0.6) is 5.75 Å². The summed E-state index contributed by atoms with van der Waals surface area (Å²) in [5.74, 6) is 0.152. The van der Waals surface area contributed by atoms with Crippen LogP contribution in [0, 0.1) is 0 Å². The zero-order valence-corrected chi connectivity index (χ0v) is 21.4. The van der Waals surface area contributed by atoms with Crippen molar-refractivity contribution in [2.45, 2.75) is 32.9 Å². The summed E-state index contributed by atoms with van der Waals surface area (Å²) < 4.78 is 8.15. The van der Waals surface area contributed by atoms with E-state index in [-0.39, 0.29) is 23.4 Å². The molecule has 4 aromatic rings. The molecule has 186 valence electrons. The van der Waals surface area contributed by atoms with Crippen LogP contribution in [0.25, 0.3) is 21.0 Å². The van der Waals surface area contributed by atoms with Gasteiger partial charge in [-0.05, 0) is 31.5 Å². The number of nitrogens with zero attached hydrogens (tertiary/aromatic N) is 4. The number of methoxy groups -OCH3 is 1. The molecule has 1 atom stereocenters. The predicted octanol–water partition coefficient (Wildman–Crippen LogP) is 3.75. The van der Waals surface area contributed by atoms with E-state index in [2.05, 4.69) is 4.98 Å². The fourth-order valence-corrected chi connectivity index (χ4v) is 6.42. The highest BCUT2D eigenvalue weighted by Crippen LogP contribution is 2.40. The van der Waals surface area contributed by atoms with Gasteiger partial charge in [0.05, 0.1) is 35.6 Å². The molecule has 1 aliphatic rings. The van der Waals surface area contributed by atoms with Crippen LogP contribution in [0.2, 0.25) is 0 Å². The van der Waals surface area contributed by atoms with Crippen LogP contribution in [0.15, 0.2) is 53.5 Å². The number of thiophene rings is 1. The maximum absolute atomic E-state index is 13.8. The Bertz CT molecular complexity index is 1510. The Morgan fingerprint density at radius 1 is 1.19 bits per heavy atom. The Morgan fingerprint density at radius 3 is 2.67 bits per heavy atom. The van der Waals surface area contributed by atoms with Crippen LogP contribution in [-0.2, 0) is 11.3 Å². The van der Waals surface area contributed by atoms with E-state index in [1.54, 1.807) is 27.5 Å². The molecule has 4 heterocycles. The van der Waals surface area contributed by atoms with Crippen molar-refractivity contribution >= 4 is 44.1 Å². The second-order valence-electron chi connectivity index (χ2n) is 8.90. The minimum absolute atomic E-state index is 0.00625. The van der Waals surface area contributed by atoms with Gasteiger partial charge in [0, 0.05) is 38.1 Å². The average Bonchev–Trinajstić information content (AvgIpc) is 3.52. The number of aromatic nitrogens is 2. The number of amides is 2. The van der Waals surface area contributed by atoms with E-state index in [1.807, 2.05) is 49.4 Å². The van der Waals surface area contributed by atoms with Gasteiger partial charge in [0.25, 0.3) is 11.5 Å². The fourth-order valence-electron chi connectivity index (χ4n) is 5.15. The van der Waals surface area contributed by atoms with Gasteiger partial charge in [0.1, 0.15) is 10.3 Å². The lowest BCUT2D eigenvalue weighted by molar-refractivity contribution is -0.130. The van der Waals surface area contributed by atoms with Gasteiger partial charge in [0.15, 0.2) is 5.75 Å². The molecule has 36 heavy (non-hydrogen) atoms. The number of likely N-dealkylation sites (N-methyl/N-ethyl adjacent to an activating group) is 1. The Balaban J connectivity index is 1.61. The van der Waals surface area contributed by atoms with Crippen molar-refractivity contribution in [3.63, 3.8) is 0 Å². The molecule has 0 N–H and O–H groups in total. The maximum Gasteiger partial charge on any atom is 0.267 e. The zero-order valence-electron chi connectivity index (χ0n) is 20.6. The smallest absolute Gasteiger partial charge is 0.267 e. The van der Waals surface area contributed by atoms with Crippen molar-refractivity contribution in [3.05, 3.63) is 69.6 Å². The van der Waals surface area contributed by atoms with Crippen molar-refractivity contribution in [1.29, 1.82) is 0 Å². The number of hydrogen-bond acceptors (Lipinski definition) is 6. The van der Waals surface area contributed by atoms with Crippen molar-refractivity contribution in [1.82, 2.24) is 19.4 Å². The molecule has 9 heteroatoms. The number of para-hydroxylation sites is 1. The predicted molar refractivity (Wildman–Crippen MR) is 141 cm³/mol. The summed E-state index contributed by atoms with van der Waals surface area (Å²) in [7, 11) is 1.50. The van der Waals surface area contributed by atoms with E-state index >= 15 is 0 Å². The molecule has 1 aliphatic heterocycles. The molecule has 0 aliphatic carbocycles. The van der Waals surface area contributed by atoms with Crippen LogP contribution in [0.3, 0.4) is 0 Å². The Kier molecular flexibility index (Phi) is 6.49. The lowest BCUT2D eigenvalue weighted by Gasteiger charge is -2.26. The van der Waals surface area contributed by atoms with Crippen molar-refractivity contribution in [2.75, 3.05) is 26.7 Å². The Morgan fingerprint density at radius 2 is 1.97 bits per heavy atom. The van der Waals surface area contributed by atoms with E-state index < -0.39 is 0 Å². The van der Waals surface area contributed by atoms with Gasteiger partial charge in [-0.2, -0.15) is 0 Å². The topological polar surface area (TPSA) is 84.7 Å². The first kappa shape index (κ1) is 24.0. The number of fused-ring (bicyclic) bond motifs is 3. The number of likely N-dealkylation sites (tertiary alicyclic amines) is 1. The number of rotatable bonds is 6. The highest BCUT2D eigenvalue weighted by atomic mass is 32.1. The SMILES string of the molecule is CCN(C(C)=O)C1CCN(C(=O)c2sc3c(c2OC)c(=O)n(Cc2ccccn2)c2ccccc32)C1. The van der Waals surface area contributed by atoms with Crippen molar-refractivity contribution in [2.24, 2.45) is 0 Å². The summed E-state index contributed by atoms with van der Waals surface area (Å²) in [6.45, 7) is 5.44. The number of carbonyl (C=O) groups is 2. The van der Waals surface area contributed by atoms with Gasteiger partial charge < -0.3 is 19.1 Å². The summed E-state index contributed by atoms with van der Waals surface area (Å²) in [4.78, 5) is 47.9. The lowest BCUT2D eigenvalue weighted by atomic mass is 10.1. The third-order valence-corrected chi connectivity index (χ3v) is 8.04. The normalized spacial score (nSPS) is 15.5. The van der Waals surface area contributed by atoms with E-state index in [0.717, 1.165) is 27.7 Å². The van der Waals surface area contributed by atoms with Crippen LogP contribution < -0.4 is 10.3 Å². The number of pyridine rings is 2. The Labute approximate surface area is 212 Å². The molecule has 5 rings (SSSR count). The second-order valence-corrected chi connectivity index (χ2v) is 9.92. The van der Waals surface area contributed by atoms with E-state index in [9.17, 15) is 14.4 Å². The number of carbonyl (C=O) groups excluding carboxylic acids is 2. The summed E-state index contributed by atoms with van der Waals surface area (Å²) in [6, 6.07) is 13.3. The number of ether oxygens (including phenoxy) is 1. The molecule has 0 saturated carbocycles. The minimum atomic E-state index is -0.213. The maximum atomic E-state index is 13.8. The largest absolute Gasteiger partial charge is 0.494 e. The van der Waals surface area contributed by atoms with E-state index in [1.165, 1.54) is 18.4 Å². The molecule has 2 amide bonds. The standard InChI is InChI=1S/C27H28N4O4S/c1-4-30(17(2)32)19-12-14-29(16-19)27(34)25-23(35-3)22-24(36-25)20-10-5-6-11-21(20)31(26(22)33)15-18-9-7-8-13-28-18/h5-11,13,19H,4,12,14-16H2,1-3H3. The molecule has 8 nitrogen and oxygen atoms in total. The minimum Gasteiger partial charge on any atom is -0.494 e. The molecule has 1 unspecified atom stereocenters. The molecular weight excluding hydrogens is 476 g/mol. The summed E-state index contributed by atoms with van der Waals surface area (Å²) >= 11 is 1.30. The van der Waals surface area contributed by atoms with Gasteiger partial charge in [-0.1, -0.05) is 24.3 Å². The van der Waals surface area contributed by atoms with Gasteiger partial charge in [0.2, 0.25) is 5.91 Å². The molecule has 1 saturated heterocycles. The van der Waals surface area contributed by atoms with Gasteiger partial charge in [-0.15, -0.1) is 11.3 Å². The van der Waals surface area contributed by atoms with E-state index in [4.69, 9.17) is 4.74 Å². The lowest BCUT2D eigenvalue weighted by Crippen LogP contribution is -2.41. The quantitative estimate of drug-likeness (QED) is 0.399. The second kappa shape index (κ2) is 9.73. The van der Waals surface area contributed by atoms with Crippen molar-refractivity contribution in [3.8, 4) is 5.75 Å². The van der Waals surface area contributed by atoms with Crippen molar-refractivity contribution < 1.29 is 14.3 Å². The first-order valence-electron chi connectivity index (χ1n) is 12.0. The zero-order chi connectivity index (χ0) is 25.4. The van der Waals surface area contributed by atoms with Crippen LogP contribution >= 0.6 is 11.3 Å². The molecule has 0 spiro atoms. The van der Waals surface area contributed by atoms with Crippen LogP contribution in [-0.4, -0.2) is 64.0 Å². The molecule has 0 radical (unpaired) electrons. The van der Waals surface area contributed by atoms with Gasteiger partial charge >= 0.3 is 0 Å². The summed E-state index contributed by atoms with van der Waals surface area (Å²) in [5.41, 5.74) is 1.34. The highest BCUT2D eigenvalue weighted by molar-refractivity contribution is 7.22. The number of benzene rings is 1. The Hall–Kier alpha value is -3.72. The summed E-state index contributed by atoms with van der Waals surface area (Å²) in [5, 5.41) is 1.30. The first-order chi connectivity index (χ1) is 17.4. The average molecular weight is 505 g/mol. The molecule has 1 fully saturated rings. The van der Waals surface area contributed by atoms with E-state index in [0.29, 0.717) is 42.2 Å².